The number of hydrogen-bond donors (Lipinski definition) is 2. The number of rotatable bonds is 9. The Morgan fingerprint density at radius 2 is 1.09 bits per heavy atom. The third-order valence-corrected chi connectivity index (χ3v) is 17.9. The summed E-state index contributed by atoms with van der Waals surface area (Å²) in [6.07, 6.45) is 2.94. The van der Waals surface area contributed by atoms with Crippen molar-refractivity contribution in [3.8, 4) is 69.6 Å². The van der Waals surface area contributed by atoms with Crippen LogP contribution in [0, 0.1) is 50.4 Å². The van der Waals surface area contributed by atoms with Gasteiger partial charge in [-0.15, -0.1) is 0 Å². The first-order valence-electron chi connectivity index (χ1n) is 26.9. The monoisotopic (exact) mass is 1080 g/mol. The first-order chi connectivity index (χ1) is 38.0. The zero-order valence-corrected chi connectivity index (χ0v) is 46.8. The fourth-order valence-electron chi connectivity index (χ4n) is 15.0. The molecule has 20 nitrogen and oxygen atoms in total. The number of esters is 2. The maximum Gasteiger partial charge on any atom is 0.308 e. The summed E-state index contributed by atoms with van der Waals surface area (Å²) in [5, 5.41) is 43.6. The number of aliphatic hydroxyl groups is 1. The summed E-state index contributed by atoms with van der Waals surface area (Å²) in [7, 11) is 8.85. The van der Waals surface area contributed by atoms with Crippen LogP contribution in [-0.2, 0) is 40.0 Å². The van der Waals surface area contributed by atoms with Crippen molar-refractivity contribution in [2.75, 3.05) is 62.4 Å². The van der Waals surface area contributed by atoms with Crippen molar-refractivity contribution in [2.24, 2.45) is 0 Å². The highest BCUT2D eigenvalue weighted by Gasteiger charge is 2.59. The minimum Gasteiger partial charge on any atom is -0.504 e. The number of fused-ring (bicyclic) bond motifs is 18. The van der Waals surface area contributed by atoms with Gasteiger partial charge in [0.15, 0.2) is 52.8 Å². The average Bonchev–Trinajstić information content (AvgIpc) is 3.21. The molecule has 0 aromatic heterocycles. The van der Waals surface area contributed by atoms with Gasteiger partial charge in [0.05, 0.1) is 51.1 Å². The van der Waals surface area contributed by atoms with Crippen molar-refractivity contribution < 1.29 is 67.2 Å². The van der Waals surface area contributed by atoms with Crippen LogP contribution in [0.3, 0.4) is 0 Å². The van der Waals surface area contributed by atoms with E-state index in [0.717, 1.165) is 62.1 Å². The Kier molecular flexibility index (Phi) is 14.0. The molecule has 2 fully saturated rings. The molecule has 2 saturated heterocycles. The number of piperazine rings is 2. The molecule has 2 N–H and O–H groups in total. The minimum absolute atomic E-state index is 0.0239. The SMILES string of the molecule is CC[C@H]1c2c(c(OC(C)=O)c(C)c3c2OCO3)CC2[C@H]3c4c(cc(C)c(OC)c4O)CC(C(C#N)N21)N3C.COCOc1c(OC)c(C)cc2c1[C@@H]1C3Cc4c(OC(C)=O)c(C)c5c(c4[C@H](CO)N3C(C#N)C(C2)N1C)OCO5. The second-order valence-corrected chi connectivity index (χ2v) is 21.8. The van der Waals surface area contributed by atoms with E-state index >= 15 is 0 Å². The molecule has 0 amide bonds. The molecule has 8 aliphatic rings. The molecule has 79 heavy (non-hydrogen) atoms. The Labute approximate surface area is 459 Å². The topological polar surface area (TPSA) is 227 Å². The van der Waals surface area contributed by atoms with Crippen LogP contribution in [0.2, 0.25) is 0 Å². The van der Waals surface area contributed by atoms with Crippen LogP contribution in [0.1, 0.15) is 118 Å². The van der Waals surface area contributed by atoms with Crippen molar-refractivity contribution in [3.05, 3.63) is 78.9 Å². The van der Waals surface area contributed by atoms with E-state index in [0.29, 0.717) is 88.6 Å². The molecule has 0 radical (unpaired) electrons. The highest BCUT2D eigenvalue weighted by Crippen LogP contribution is 2.61. The molecule has 418 valence electrons. The van der Waals surface area contributed by atoms with Gasteiger partial charge in [0.2, 0.25) is 13.6 Å². The van der Waals surface area contributed by atoms with Crippen LogP contribution < -0.4 is 42.6 Å². The van der Waals surface area contributed by atoms with Gasteiger partial charge in [-0.1, -0.05) is 19.1 Å². The number of carbonyl (C=O) groups is 2. The molecular weight excluding hydrogens is 1020 g/mol. The molecule has 12 rings (SSSR count). The molecule has 20 heteroatoms. The molecule has 4 aromatic carbocycles. The standard InChI is InChI=1S/C30H35N3O8.C29H33N3O6/c1-14-7-17-8-19-21(10-31)33-20(25(32(19)4)23(17)29(26(14)37-6)38-12-36-5)9-18-24(22(33)11-34)30-28(39-13-40-30)15(2)27(18)41-16(3)35;1-7-18-23-17(27(38-15(4)33)14(3)28-29(23)37-12-36-28)10-20-24-22-16(8-13(2)26(35-6)25(22)34)9-19(31(24)5)21(11-30)32(18)20/h7,19-22,25,34H,8-9,11-13H2,1-6H3;8,18-21,24,34H,7,9-10,12H2,1-6H3/t19?,20?,21?,22-,25-;18-,19?,20?,21?,24-/m00/s1. The number of aliphatic hydroxyl groups excluding tert-OH is 1. The first kappa shape index (κ1) is 53.9. The predicted molar refractivity (Wildman–Crippen MR) is 283 cm³/mol. The van der Waals surface area contributed by atoms with E-state index < -0.39 is 24.0 Å². The number of ether oxygens (including phenoxy) is 10. The number of nitriles is 2. The van der Waals surface area contributed by atoms with Crippen LogP contribution in [0.25, 0.3) is 0 Å². The number of benzene rings is 4. The Balaban J connectivity index is 0.000000168. The fraction of sp³-hybridized carbons (Fsp3) is 0.525. The number of aromatic hydroxyl groups is 1. The molecule has 0 spiro atoms. The third-order valence-electron chi connectivity index (χ3n) is 17.9. The first-order valence-corrected chi connectivity index (χ1v) is 26.9. The Morgan fingerprint density at radius 3 is 1.54 bits per heavy atom. The van der Waals surface area contributed by atoms with Gasteiger partial charge in [-0.3, -0.25) is 29.2 Å². The summed E-state index contributed by atoms with van der Waals surface area (Å²) in [5.74, 6) is 4.28. The van der Waals surface area contributed by atoms with E-state index in [2.05, 4.69) is 50.8 Å². The number of phenolic OH excluding ortho intramolecular Hbond substituents is 1. The van der Waals surface area contributed by atoms with Gasteiger partial charge in [-0.05, 0) is 96.1 Å². The molecule has 6 unspecified atom stereocenters. The van der Waals surface area contributed by atoms with Crippen molar-refractivity contribution in [1.82, 2.24) is 19.6 Å². The molecule has 8 aliphatic heterocycles. The quantitative estimate of drug-likeness (QED) is 0.103. The van der Waals surface area contributed by atoms with E-state index in [4.69, 9.17) is 47.4 Å². The van der Waals surface area contributed by atoms with E-state index in [9.17, 15) is 30.3 Å². The Morgan fingerprint density at radius 1 is 0.633 bits per heavy atom. The molecule has 8 heterocycles. The zero-order chi connectivity index (χ0) is 56.2. The second-order valence-electron chi connectivity index (χ2n) is 21.8. The Hall–Kier alpha value is -7.04. The van der Waals surface area contributed by atoms with Gasteiger partial charge < -0.3 is 57.6 Å². The molecule has 4 bridgehead atoms. The minimum atomic E-state index is -0.588. The number of hydrogen-bond acceptors (Lipinski definition) is 20. The van der Waals surface area contributed by atoms with Gasteiger partial charge in [0.1, 0.15) is 23.6 Å². The van der Waals surface area contributed by atoms with Crippen LogP contribution >= 0.6 is 0 Å². The van der Waals surface area contributed by atoms with Crippen molar-refractivity contribution >= 4 is 11.9 Å². The lowest BCUT2D eigenvalue weighted by Gasteiger charge is -2.60. The van der Waals surface area contributed by atoms with Crippen molar-refractivity contribution in [2.45, 2.75) is 141 Å². The number of methoxy groups -OCH3 is 3. The summed E-state index contributed by atoms with van der Waals surface area (Å²) >= 11 is 0. The van der Waals surface area contributed by atoms with Crippen LogP contribution in [0.5, 0.6) is 57.5 Å². The lowest BCUT2D eigenvalue weighted by molar-refractivity contribution is -0.133. The van der Waals surface area contributed by atoms with Gasteiger partial charge in [-0.25, -0.2) is 0 Å². The van der Waals surface area contributed by atoms with Gasteiger partial charge >= 0.3 is 11.9 Å². The largest absolute Gasteiger partial charge is 0.504 e. The molecule has 10 atom stereocenters. The van der Waals surface area contributed by atoms with Gasteiger partial charge in [-0.2, -0.15) is 10.5 Å². The van der Waals surface area contributed by atoms with E-state index in [-0.39, 0.29) is 81.1 Å². The normalized spacial score (nSPS) is 26.5. The second kappa shape index (κ2) is 20.6. The third kappa shape index (κ3) is 8.03. The number of likely N-dealkylation sites (N-methyl/N-ethyl adjacent to an activating group) is 2. The van der Waals surface area contributed by atoms with Crippen molar-refractivity contribution in [3.63, 3.8) is 0 Å². The molecular formula is C59H68N6O14. The summed E-state index contributed by atoms with van der Waals surface area (Å²) in [4.78, 5) is 33.4. The average molecular weight is 1090 g/mol. The van der Waals surface area contributed by atoms with Crippen LogP contribution in [0.4, 0.5) is 0 Å². The summed E-state index contributed by atoms with van der Waals surface area (Å²) in [6, 6.07) is 6.69. The Bertz CT molecular complexity index is 3280. The molecule has 4 aromatic rings. The smallest absolute Gasteiger partial charge is 0.308 e. The highest BCUT2D eigenvalue weighted by molar-refractivity contribution is 5.76. The number of aryl methyl sites for hydroxylation is 2. The number of phenols is 1. The molecule has 0 aliphatic carbocycles. The lowest BCUT2D eigenvalue weighted by atomic mass is 9.71. The number of nitrogens with zero attached hydrogens (tertiary/aromatic N) is 6. The zero-order valence-electron chi connectivity index (χ0n) is 46.8. The summed E-state index contributed by atoms with van der Waals surface area (Å²) in [6.45, 7) is 12.4. The number of carbonyl (C=O) groups excluding carboxylic acids is 2. The highest BCUT2D eigenvalue weighted by atomic mass is 16.7. The maximum absolute atomic E-state index is 12.3. The van der Waals surface area contributed by atoms with Gasteiger partial charge in [0.25, 0.3) is 0 Å². The summed E-state index contributed by atoms with van der Waals surface area (Å²) < 4.78 is 58.1. The van der Waals surface area contributed by atoms with E-state index in [1.165, 1.54) is 13.8 Å². The lowest BCUT2D eigenvalue weighted by Crippen LogP contribution is -2.68. The summed E-state index contributed by atoms with van der Waals surface area (Å²) in [5.41, 5.74) is 10.5. The van der Waals surface area contributed by atoms with E-state index in [1.54, 1.807) is 21.3 Å². The molecule has 0 saturated carbocycles. The van der Waals surface area contributed by atoms with Crippen LogP contribution in [0.15, 0.2) is 12.1 Å². The van der Waals surface area contributed by atoms with E-state index in [1.807, 2.05) is 41.8 Å². The van der Waals surface area contributed by atoms with Crippen molar-refractivity contribution in [1.29, 1.82) is 10.5 Å². The fourth-order valence-corrected chi connectivity index (χ4v) is 15.0. The predicted octanol–water partition coefficient (Wildman–Crippen LogP) is 6.57. The van der Waals surface area contributed by atoms with Crippen LogP contribution in [-0.4, -0.2) is 140 Å². The maximum atomic E-state index is 12.3. The van der Waals surface area contributed by atoms with Gasteiger partial charge in [0, 0.05) is 95.7 Å².